The minimum absolute atomic E-state index is 0.0429. The highest BCUT2D eigenvalue weighted by Crippen LogP contribution is 2.20. The Kier molecular flexibility index (Phi) is 4.50. The van der Waals surface area contributed by atoms with Crippen LogP contribution in [0.3, 0.4) is 0 Å². The fourth-order valence-corrected chi connectivity index (χ4v) is 3.15. The summed E-state index contributed by atoms with van der Waals surface area (Å²) >= 11 is 0. The first-order valence-electron chi connectivity index (χ1n) is 7.86. The van der Waals surface area contributed by atoms with Gasteiger partial charge in [0.25, 0.3) is 0 Å². The Labute approximate surface area is 143 Å². The number of allylic oxidation sites excluding steroid dienone is 6. The zero-order valence-corrected chi connectivity index (χ0v) is 13.2. The molecular formula is C18H15NO6. The van der Waals surface area contributed by atoms with Gasteiger partial charge in [-0.1, -0.05) is 0 Å². The maximum absolute atomic E-state index is 11.8. The molecule has 0 unspecified atom stereocenters. The smallest absolute Gasteiger partial charge is 0.167 e. The van der Waals surface area contributed by atoms with Crippen molar-refractivity contribution in [1.29, 1.82) is 0 Å². The van der Waals surface area contributed by atoms with E-state index in [4.69, 9.17) is 0 Å². The third-order valence-electron chi connectivity index (χ3n) is 4.62. The van der Waals surface area contributed by atoms with Crippen LogP contribution in [0.2, 0.25) is 0 Å². The van der Waals surface area contributed by atoms with E-state index < -0.39 is 17.8 Å². The number of ketones is 6. The molecule has 0 aromatic rings. The number of carbonyl (C=O) groups excluding carboxylic acids is 6. The molecule has 7 heteroatoms. The minimum Gasteiger partial charge on any atom is -0.300 e. The summed E-state index contributed by atoms with van der Waals surface area (Å²) < 4.78 is 0. The van der Waals surface area contributed by atoms with Gasteiger partial charge in [0.1, 0.15) is 0 Å². The largest absolute Gasteiger partial charge is 0.300 e. The van der Waals surface area contributed by atoms with E-state index in [-0.39, 0.29) is 54.3 Å². The highest BCUT2D eigenvalue weighted by Gasteiger charge is 2.37. The van der Waals surface area contributed by atoms with E-state index in [2.05, 4.69) is 0 Å². The van der Waals surface area contributed by atoms with E-state index in [9.17, 15) is 28.8 Å². The van der Waals surface area contributed by atoms with Crippen molar-refractivity contribution in [2.75, 3.05) is 19.6 Å². The van der Waals surface area contributed by atoms with Crippen LogP contribution in [0, 0.1) is 17.8 Å². The molecule has 7 nitrogen and oxygen atoms in total. The van der Waals surface area contributed by atoms with E-state index in [0.29, 0.717) is 0 Å². The van der Waals surface area contributed by atoms with E-state index in [1.807, 2.05) is 0 Å². The summed E-state index contributed by atoms with van der Waals surface area (Å²) in [6, 6.07) is 0. The summed E-state index contributed by atoms with van der Waals surface area (Å²) in [4.78, 5) is 72.5. The molecule has 25 heavy (non-hydrogen) atoms. The molecule has 3 rings (SSSR count). The molecule has 0 amide bonds. The van der Waals surface area contributed by atoms with Crippen molar-refractivity contribution < 1.29 is 28.8 Å². The van der Waals surface area contributed by atoms with Gasteiger partial charge in [0.05, 0.1) is 17.8 Å². The van der Waals surface area contributed by atoms with Crippen LogP contribution in [0.5, 0.6) is 0 Å². The van der Waals surface area contributed by atoms with Crippen LogP contribution in [-0.2, 0) is 28.8 Å². The molecule has 3 aliphatic rings. The van der Waals surface area contributed by atoms with Crippen LogP contribution >= 0.6 is 0 Å². The first-order valence-corrected chi connectivity index (χ1v) is 7.86. The van der Waals surface area contributed by atoms with Gasteiger partial charge in [0, 0.05) is 19.6 Å². The Hall–Kier alpha value is -2.80. The van der Waals surface area contributed by atoms with Gasteiger partial charge >= 0.3 is 0 Å². The number of rotatable bonds is 6. The van der Waals surface area contributed by atoms with Crippen LogP contribution in [-0.4, -0.2) is 59.2 Å². The minimum atomic E-state index is -0.931. The molecule has 0 radical (unpaired) electrons. The average molecular weight is 341 g/mol. The van der Waals surface area contributed by atoms with E-state index in [1.165, 1.54) is 41.4 Å². The van der Waals surface area contributed by atoms with Crippen LogP contribution in [0.15, 0.2) is 36.5 Å². The number of carbonyl (C=O) groups is 6. The Balaban J connectivity index is 1.76. The fraction of sp³-hybridized carbons (Fsp3) is 0.333. The van der Waals surface area contributed by atoms with Crippen LogP contribution in [0.1, 0.15) is 0 Å². The monoisotopic (exact) mass is 341 g/mol. The first-order chi connectivity index (χ1) is 11.9. The van der Waals surface area contributed by atoms with E-state index in [1.54, 1.807) is 0 Å². The quantitative estimate of drug-likeness (QED) is 0.586. The van der Waals surface area contributed by atoms with Crippen molar-refractivity contribution >= 4 is 34.7 Å². The van der Waals surface area contributed by atoms with Gasteiger partial charge in [0.15, 0.2) is 34.7 Å². The summed E-state index contributed by atoms with van der Waals surface area (Å²) in [5.41, 5.74) is 0. The molecule has 0 atom stereocenters. The predicted molar refractivity (Wildman–Crippen MR) is 84.4 cm³/mol. The topological polar surface area (TPSA) is 106 Å². The summed E-state index contributed by atoms with van der Waals surface area (Å²) in [5.74, 6) is -4.96. The molecular weight excluding hydrogens is 326 g/mol. The summed E-state index contributed by atoms with van der Waals surface area (Å²) in [7, 11) is 0. The molecule has 0 N–H and O–H groups in total. The van der Waals surface area contributed by atoms with E-state index in [0.717, 1.165) is 0 Å². The van der Waals surface area contributed by atoms with E-state index >= 15 is 0 Å². The Morgan fingerprint density at radius 3 is 0.880 bits per heavy atom. The maximum atomic E-state index is 11.8. The number of nitrogens with zero attached hydrogens (tertiary/aromatic N) is 1. The van der Waals surface area contributed by atoms with Gasteiger partial charge in [-0.15, -0.1) is 0 Å². The highest BCUT2D eigenvalue weighted by molar-refractivity contribution is 6.20. The SMILES string of the molecule is O=C1C=CC(=O)C1CN(CC1C(=O)C=CC1=O)CC1C(=O)C=CC1=O. The molecule has 0 aliphatic heterocycles. The van der Waals surface area contributed by atoms with Crippen molar-refractivity contribution in [1.82, 2.24) is 4.90 Å². The molecule has 0 saturated carbocycles. The zero-order valence-electron chi connectivity index (χ0n) is 13.2. The highest BCUT2D eigenvalue weighted by atomic mass is 16.2. The predicted octanol–water partition coefficient (Wildman–Crippen LogP) is -0.739. The standard InChI is InChI=1S/C18H15NO6/c20-13-1-2-14(21)10(13)7-19(8-11-15(22)3-4-16(11)23)9-12-17(24)5-6-18(12)25/h1-6,10-12H,7-9H2. The van der Waals surface area contributed by atoms with Crippen LogP contribution < -0.4 is 0 Å². The van der Waals surface area contributed by atoms with Crippen molar-refractivity contribution in [3.8, 4) is 0 Å². The van der Waals surface area contributed by atoms with Crippen molar-refractivity contribution in [3.63, 3.8) is 0 Å². The molecule has 0 bridgehead atoms. The summed E-state index contributed by atoms with van der Waals surface area (Å²) in [6.07, 6.45) is 7.12. The Morgan fingerprint density at radius 2 is 0.680 bits per heavy atom. The lowest BCUT2D eigenvalue weighted by molar-refractivity contribution is -0.127. The molecule has 0 spiro atoms. The number of hydrogen-bond acceptors (Lipinski definition) is 7. The lowest BCUT2D eigenvalue weighted by atomic mass is 9.98. The third-order valence-corrected chi connectivity index (χ3v) is 4.62. The molecule has 0 heterocycles. The molecule has 128 valence electrons. The average Bonchev–Trinajstić information content (AvgIpc) is 3.17. The van der Waals surface area contributed by atoms with Gasteiger partial charge in [-0.25, -0.2) is 0 Å². The first kappa shape index (κ1) is 17.0. The van der Waals surface area contributed by atoms with Crippen molar-refractivity contribution in [2.45, 2.75) is 0 Å². The van der Waals surface area contributed by atoms with Crippen molar-refractivity contribution in [3.05, 3.63) is 36.5 Å². The molecule has 0 saturated heterocycles. The van der Waals surface area contributed by atoms with Gasteiger partial charge < -0.3 is 0 Å². The summed E-state index contributed by atoms with van der Waals surface area (Å²) in [5, 5.41) is 0. The lowest BCUT2D eigenvalue weighted by Crippen LogP contribution is -2.44. The maximum Gasteiger partial charge on any atom is 0.167 e. The second-order valence-corrected chi connectivity index (χ2v) is 6.29. The molecule has 3 aliphatic carbocycles. The van der Waals surface area contributed by atoms with Crippen LogP contribution in [0.4, 0.5) is 0 Å². The second-order valence-electron chi connectivity index (χ2n) is 6.29. The third kappa shape index (κ3) is 3.36. The lowest BCUT2D eigenvalue weighted by Gasteiger charge is -2.27. The summed E-state index contributed by atoms with van der Waals surface area (Å²) in [6.45, 7) is -0.129. The second kappa shape index (κ2) is 6.60. The number of hydrogen-bond donors (Lipinski definition) is 0. The molecule has 0 aromatic heterocycles. The fourth-order valence-electron chi connectivity index (χ4n) is 3.15. The van der Waals surface area contributed by atoms with Gasteiger partial charge in [-0.05, 0) is 36.5 Å². The zero-order chi connectivity index (χ0) is 18.1. The Bertz CT molecular complexity index is 629. The van der Waals surface area contributed by atoms with Crippen molar-refractivity contribution in [2.24, 2.45) is 17.8 Å². The Morgan fingerprint density at radius 1 is 0.480 bits per heavy atom. The molecule has 0 fully saturated rings. The molecule has 0 aromatic carbocycles. The van der Waals surface area contributed by atoms with Gasteiger partial charge in [-0.3, -0.25) is 33.7 Å². The van der Waals surface area contributed by atoms with Gasteiger partial charge in [-0.2, -0.15) is 0 Å². The van der Waals surface area contributed by atoms with Gasteiger partial charge in [0.2, 0.25) is 0 Å². The van der Waals surface area contributed by atoms with Crippen LogP contribution in [0.25, 0.3) is 0 Å². The normalized spacial score (nSPS) is 22.0.